The number of thiocarbonyl (C=S) groups is 1. The molecule has 1 aromatic carbocycles. The topological polar surface area (TPSA) is 53.2 Å². The molecule has 0 radical (unpaired) electrons. The Morgan fingerprint density at radius 3 is 2.24 bits per heavy atom. The molecular formula is C12H17N3OS. The summed E-state index contributed by atoms with van der Waals surface area (Å²) < 4.78 is 0. The van der Waals surface area contributed by atoms with Gasteiger partial charge in [-0.3, -0.25) is 10.1 Å². The standard InChI is InChI=1S/C12H17N3OS/c1-8(17)15-11(13-2)9-4-6-10(7-5-9)12(16)14-3/h4-7,11,13H,1-3H3,(H,14,16)(H,15,17). The van der Waals surface area contributed by atoms with Crippen LogP contribution in [0.1, 0.15) is 29.0 Å². The lowest BCUT2D eigenvalue weighted by Crippen LogP contribution is -2.34. The first-order valence-corrected chi connectivity index (χ1v) is 5.75. The highest BCUT2D eigenvalue weighted by Gasteiger charge is 2.09. The molecule has 0 heterocycles. The Morgan fingerprint density at radius 1 is 1.24 bits per heavy atom. The summed E-state index contributed by atoms with van der Waals surface area (Å²) in [5, 5.41) is 8.83. The third kappa shape index (κ3) is 3.80. The number of amides is 1. The molecule has 1 unspecified atom stereocenters. The average Bonchev–Trinajstić information content (AvgIpc) is 2.35. The predicted octanol–water partition coefficient (Wildman–Crippen LogP) is 1.20. The molecule has 1 atom stereocenters. The van der Waals surface area contributed by atoms with E-state index in [1.165, 1.54) is 0 Å². The van der Waals surface area contributed by atoms with Gasteiger partial charge in [0.1, 0.15) is 6.17 Å². The fraction of sp³-hybridized carbons (Fsp3) is 0.333. The van der Waals surface area contributed by atoms with Crippen LogP contribution in [0.3, 0.4) is 0 Å². The van der Waals surface area contributed by atoms with Crippen LogP contribution in [0.4, 0.5) is 0 Å². The minimum Gasteiger partial charge on any atom is -0.361 e. The SMILES string of the molecule is CNC(=O)c1ccc(C(NC)NC(C)=S)cc1. The number of hydrogen-bond acceptors (Lipinski definition) is 3. The molecule has 0 aliphatic carbocycles. The molecule has 0 spiro atoms. The van der Waals surface area contributed by atoms with Crippen molar-refractivity contribution >= 4 is 23.1 Å². The molecule has 0 saturated heterocycles. The Morgan fingerprint density at radius 2 is 1.82 bits per heavy atom. The van der Waals surface area contributed by atoms with Crippen molar-refractivity contribution in [3.63, 3.8) is 0 Å². The summed E-state index contributed by atoms with van der Waals surface area (Å²) >= 11 is 5.01. The molecule has 4 nitrogen and oxygen atoms in total. The van der Waals surface area contributed by atoms with Crippen molar-refractivity contribution < 1.29 is 4.79 Å². The fourth-order valence-electron chi connectivity index (χ4n) is 1.50. The highest BCUT2D eigenvalue weighted by Crippen LogP contribution is 2.11. The summed E-state index contributed by atoms with van der Waals surface area (Å²) in [7, 11) is 3.46. The summed E-state index contributed by atoms with van der Waals surface area (Å²) in [4.78, 5) is 12.1. The summed E-state index contributed by atoms with van der Waals surface area (Å²) in [6, 6.07) is 7.38. The van der Waals surface area contributed by atoms with E-state index in [9.17, 15) is 4.79 Å². The molecule has 0 saturated carbocycles. The fourth-order valence-corrected chi connectivity index (χ4v) is 1.61. The van der Waals surface area contributed by atoms with Gasteiger partial charge in [-0.25, -0.2) is 0 Å². The van der Waals surface area contributed by atoms with Gasteiger partial charge in [-0.15, -0.1) is 0 Å². The van der Waals surface area contributed by atoms with E-state index < -0.39 is 0 Å². The largest absolute Gasteiger partial charge is 0.361 e. The van der Waals surface area contributed by atoms with Crippen LogP contribution in [0.25, 0.3) is 0 Å². The van der Waals surface area contributed by atoms with Crippen molar-refractivity contribution in [1.29, 1.82) is 0 Å². The molecule has 0 aliphatic heterocycles. The van der Waals surface area contributed by atoms with Gasteiger partial charge in [-0.1, -0.05) is 24.4 Å². The summed E-state index contributed by atoms with van der Waals surface area (Å²) in [5.41, 5.74) is 1.68. The smallest absolute Gasteiger partial charge is 0.251 e. The van der Waals surface area contributed by atoms with Crippen LogP contribution in [0.2, 0.25) is 0 Å². The molecule has 5 heteroatoms. The molecule has 0 bridgehead atoms. The molecule has 0 aromatic heterocycles. The predicted molar refractivity (Wildman–Crippen MR) is 73.0 cm³/mol. The van der Waals surface area contributed by atoms with Crippen molar-refractivity contribution in [3.05, 3.63) is 35.4 Å². The third-order valence-electron chi connectivity index (χ3n) is 2.37. The zero-order valence-electron chi connectivity index (χ0n) is 10.2. The Labute approximate surface area is 107 Å². The van der Waals surface area contributed by atoms with Gasteiger partial charge in [0, 0.05) is 12.6 Å². The molecule has 17 heavy (non-hydrogen) atoms. The lowest BCUT2D eigenvalue weighted by atomic mass is 10.1. The van der Waals surface area contributed by atoms with Crippen LogP contribution in [0.15, 0.2) is 24.3 Å². The molecular weight excluding hydrogens is 234 g/mol. The number of carbonyl (C=O) groups excluding carboxylic acids is 1. The first-order chi connectivity index (χ1) is 8.08. The van der Waals surface area contributed by atoms with E-state index in [0.29, 0.717) is 5.56 Å². The van der Waals surface area contributed by atoms with Crippen molar-refractivity contribution in [1.82, 2.24) is 16.0 Å². The first-order valence-electron chi connectivity index (χ1n) is 5.35. The van der Waals surface area contributed by atoms with Crippen LogP contribution in [0.5, 0.6) is 0 Å². The van der Waals surface area contributed by atoms with Gasteiger partial charge in [0.25, 0.3) is 5.91 Å². The third-order valence-corrected chi connectivity index (χ3v) is 2.49. The van der Waals surface area contributed by atoms with Gasteiger partial charge < -0.3 is 10.6 Å². The van der Waals surface area contributed by atoms with E-state index in [2.05, 4.69) is 16.0 Å². The van der Waals surface area contributed by atoms with Crippen LogP contribution in [-0.2, 0) is 0 Å². The van der Waals surface area contributed by atoms with E-state index in [4.69, 9.17) is 12.2 Å². The van der Waals surface area contributed by atoms with Crippen molar-refractivity contribution in [2.24, 2.45) is 0 Å². The van der Waals surface area contributed by atoms with Crippen LogP contribution in [0, 0.1) is 0 Å². The lowest BCUT2D eigenvalue weighted by Gasteiger charge is -2.18. The normalized spacial score (nSPS) is 11.7. The monoisotopic (exact) mass is 251 g/mol. The van der Waals surface area contributed by atoms with Gasteiger partial charge >= 0.3 is 0 Å². The van der Waals surface area contributed by atoms with Gasteiger partial charge in [0.2, 0.25) is 0 Å². The molecule has 1 aromatic rings. The van der Waals surface area contributed by atoms with E-state index >= 15 is 0 Å². The number of rotatable bonds is 4. The molecule has 1 rings (SSSR count). The Balaban J connectivity index is 2.84. The van der Waals surface area contributed by atoms with Crippen LogP contribution < -0.4 is 16.0 Å². The minimum atomic E-state index is -0.0865. The zero-order valence-corrected chi connectivity index (χ0v) is 11.0. The number of benzene rings is 1. The van der Waals surface area contributed by atoms with Crippen LogP contribution >= 0.6 is 12.2 Å². The average molecular weight is 251 g/mol. The quantitative estimate of drug-likeness (QED) is 0.556. The van der Waals surface area contributed by atoms with Gasteiger partial charge in [0.05, 0.1) is 4.99 Å². The number of hydrogen-bond donors (Lipinski definition) is 3. The Bertz CT molecular complexity index is 403. The van der Waals surface area contributed by atoms with Gasteiger partial charge in [-0.05, 0) is 31.7 Å². The van der Waals surface area contributed by atoms with E-state index in [1.54, 1.807) is 19.2 Å². The first kappa shape index (κ1) is 13.6. The van der Waals surface area contributed by atoms with Gasteiger partial charge in [-0.2, -0.15) is 0 Å². The second-order valence-corrected chi connectivity index (χ2v) is 4.24. The number of nitrogens with one attached hydrogen (secondary N) is 3. The van der Waals surface area contributed by atoms with E-state index in [0.717, 1.165) is 10.6 Å². The maximum absolute atomic E-state index is 11.4. The Hall–Kier alpha value is -1.46. The molecule has 92 valence electrons. The molecule has 1 amide bonds. The second-order valence-electron chi connectivity index (χ2n) is 3.62. The lowest BCUT2D eigenvalue weighted by molar-refractivity contribution is 0.0963. The van der Waals surface area contributed by atoms with Gasteiger partial charge in [0.15, 0.2) is 0 Å². The maximum atomic E-state index is 11.4. The summed E-state index contributed by atoms with van der Waals surface area (Å²) in [5.74, 6) is -0.0865. The Kier molecular flexibility index (Phi) is 5.06. The number of carbonyl (C=O) groups is 1. The summed E-state index contributed by atoms with van der Waals surface area (Å²) in [6.45, 7) is 1.83. The van der Waals surface area contributed by atoms with Crippen LogP contribution in [-0.4, -0.2) is 25.0 Å². The van der Waals surface area contributed by atoms with Crippen molar-refractivity contribution in [2.45, 2.75) is 13.1 Å². The summed E-state index contributed by atoms with van der Waals surface area (Å²) in [6.07, 6.45) is -0.0359. The minimum absolute atomic E-state index is 0.0359. The highest BCUT2D eigenvalue weighted by molar-refractivity contribution is 7.80. The molecule has 0 aliphatic rings. The van der Waals surface area contributed by atoms with E-state index in [-0.39, 0.29) is 12.1 Å². The van der Waals surface area contributed by atoms with Crippen molar-refractivity contribution in [3.8, 4) is 0 Å². The van der Waals surface area contributed by atoms with Crippen molar-refractivity contribution in [2.75, 3.05) is 14.1 Å². The van der Waals surface area contributed by atoms with E-state index in [1.807, 2.05) is 26.1 Å². The zero-order chi connectivity index (χ0) is 12.8. The molecule has 3 N–H and O–H groups in total. The highest BCUT2D eigenvalue weighted by atomic mass is 32.1. The molecule has 0 fully saturated rings. The maximum Gasteiger partial charge on any atom is 0.251 e. The second kappa shape index (κ2) is 6.32.